The fourth-order valence-corrected chi connectivity index (χ4v) is 1.30. The maximum absolute atomic E-state index is 13.3. The molecule has 0 radical (unpaired) electrons. The second kappa shape index (κ2) is 6.20. The maximum atomic E-state index is 13.3. The number of hydrogen-bond donors (Lipinski definition) is 2. The highest BCUT2D eigenvalue weighted by Gasteiger charge is 2.09. The second-order valence-electron chi connectivity index (χ2n) is 3.74. The molecule has 0 saturated carbocycles. The highest BCUT2D eigenvalue weighted by atomic mass is 19.1. The number of carbonyl (C=O) groups is 1. The Morgan fingerprint density at radius 3 is 2.82 bits per heavy atom. The van der Waals surface area contributed by atoms with E-state index in [1.807, 2.05) is 0 Å². The van der Waals surface area contributed by atoms with Gasteiger partial charge in [0.2, 0.25) is 0 Å². The Morgan fingerprint density at radius 2 is 2.29 bits per heavy atom. The predicted molar refractivity (Wildman–Crippen MR) is 61.6 cm³/mol. The van der Waals surface area contributed by atoms with Crippen molar-refractivity contribution in [3.63, 3.8) is 0 Å². The third-order valence-corrected chi connectivity index (χ3v) is 2.26. The number of nitrogens with one attached hydrogen (secondary N) is 1. The van der Waals surface area contributed by atoms with Crippen LogP contribution in [0.25, 0.3) is 0 Å². The van der Waals surface area contributed by atoms with Crippen molar-refractivity contribution in [2.45, 2.75) is 19.4 Å². The lowest BCUT2D eigenvalue weighted by Gasteiger charge is -2.08. The smallest absolute Gasteiger partial charge is 0.251 e. The van der Waals surface area contributed by atoms with Gasteiger partial charge in [-0.3, -0.25) is 4.79 Å². The van der Waals surface area contributed by atoms with Crippen molar-refractivity contribution in [1.29, 1.82) is 0 Å². The molecule has 1 aromatic rings. The number of rotatable bonds is 5. The van der Waals surface area contributed by atoms with E-state index < -0.39 is 11.9 Å². The van der Waals surface area contributed by atoms with Crippen molar-refractivity contribution in [3.8, 4) is 5.75 Å². The molecule has 1 aromatic carbocycles. The number of ether oxygens (including phenoxy) is 1. The van der Waals surface area contributed by atoms with Crippen molar-refractivity contribution in [1.82, 2.24) is 5.32 Å². The molecule has 0 bridgehead atoms. The molecule has 4 nitrogen and oxygen atoms in total. The van der Waals surface area contributed by atoms with Gasteiger partial charge in [0.05, 0.1) is 13.2 Å². The summed E-state index contributed by atoms with van der Waals surface area (Å²) in [5, 5.41) is 11.6. The molecule has 0 aromatic heterocycles. The summed E-state index contributed by atoms with van der Waals surface area (Å²) in [6.45, 7) is 1.99. The second-order valence-corrected chi connectivity index (χ2v) is 3.74. The van der Waals surface area contributed by atoms with Crippen LogP contribution in [0.5, 0.6) is 5.75 Å². The van der Waals surface area contributed by atoms with Crippen molar-refractivity contribution >= 4 is 5.91 Å². The molecule has 0 aliphatic rings. The minimum absolute atomic E-state index is 0.102. The fraction of sp³-hybridized carbons (Fsp3) is 0.417. The van der Waals surface area contributed by atoms with E-state index in [1.54, 1.807) is 6.92 Å². The van der Waals surface area contributed by atoms with Gasteiger partial charge in [-0.15, -0.1) is 0 Å². The molecule has 0 heterocycles. The summed E-state index contributed by atoms with van der Waals surface area (Å²) in [5.74, 6) is -0.839. The third-order valence-electron chi connectivity index (χ3n) is 2.26. The molecule has 0 fully saturated rings. The van der Waals surface area contributed by atoms with Crippen molar-refractivity contribution in [3.05, 3.63) is 29.6 Å². The van der Waals surface area contributed by atoms with Gasteiger partial charge in [-0.1, -0.05) is 0 Å². The fourth-order valence-electron chi connectivity index (χ4n) is 1.30. The normalized spacial score (nSPS) is 12.0. The molecule has 17 heavy (non-hydrogen) atoms. The van der Waals surface area contributed by atoms with Crippen LogP contribution in [0.4, 0.5) is 4.39 Å². The van der Waals surface area contributed by atoms with Crippen LogP contribution in [0, 0.1) is 5.82 Å². The molecular formula is C12H16FNO3. The van der Waals surface area contributed by atoms with Crippen LogP contribution in [0.1, 0.15) is 23.7 Å². The SMILES string of the molecule is COc1ccc(C(=O)NCCC(C)O)cc1F. The van der Waals surface area contributed by atoms with Gasteiger partial charge in [0.25, 0.3) is 5.91 Å². The summed E-state index contributed by atoms with van der Waals surface area (Å²) in [6, 6.07) is 4.01. The maximum Gasteiger partial charge on any atom is 0.251 e. The minimum Gasteiger partial charge on any atom is -0.494 e. The van der Waals surface area contributed by atoms with Gasteiger partial charge in [0, 0.05) is 12.1 Å². The molecule has 0 aliphatic carbocycles. The van der Waals surface area contributed by atoms with Gasteiger partial charge < -0.3 is 15.2 Å². The molecule has 1 atom stereocenters. The van der Waals surface area contributed by atoms with E-state index in [4.69, 9.17) is 9.84 Å². The topological polar surface area (TPSA) is 58.6 Å². The van der Waals surface area contributed by atoms with Crippen LogP contribution in [-0.2, 0) is 0 Å². The number of benzene rings is 1. The van der Waals surface area contributed by atoms with Crippen LogP contribution in [0.2, 0.25) is 0 Å². The summed E-state index contributed by atoms with van der Waals surface area (Å²) in [7, 11) is 1.36. The number of methoxy groups -OCH3 is 1. The zero-order valence-electron chi connectivity index (χ0n) is 9.87. The van der Waals surface area contributed by atoms with Gasteiger partial charge in [0.15, 0.2) is 11.6 Å². The van der Waals surface area contributed by atoms with Gasteiger partial charge in [-0.2, -0.15) is 0 Å². The third kappa shape index (κ3) is 4.03. The summed E-state index contributed by atoms with van der Waals surface area (Å²) >= 11 is 0. The van der Waals surface area contributed by atoms with Crippen LogP contribution in [0.15, 0.2) is 18.2 Å². The summed E-state index contributed by atoms with van der Waals surface area (Å²) < 4.78 is 18.1. The predicted octanol–water partition coefficient (Wildman–Crippen LogP) is 1.33. The van der Waals surface area contributed by atoms with Gasteiger partial charge >= 0.3 is 0 Å². The van der Waals surface area contributed by atoms with Gasteiger partial charge in [0.1, 0.15) is 0 Å². The molecule has 1 amide bonds. The molecule has 0 aliphatic heterocycles. The van der Waals surface area contributed by atoms with E-state index in [9.17, 15) is 9.18 Å². The quantitative estimate of drug-likeness (QED) is 0.817. The molecule has 0 saturated heterocycles. The summed E-state index contributed by atoms with van der Waals surface area (Å²) in [5.41, 5.74) is 0.230. The van der Waals surface area contributed by atoms with E-state index in [0.717, 1.165) is 6.07 Å². The van der Waals surface area contributed by atoms with Crippen LogP contribution < -0.4 is 10.1 Å². The standard InChI is InChI=1S/C12H16FNO3/c1-8(15)5-6-14-12(16)9-3-4-11(17-2)10(13)7-9/h3-4,7-8,15H,5-6H2,1-2H3,(H,14,16). The first-order chi connectivity index (χ1) is 8.04. The van der Waals surface area contributed by atoms with Crippen LogP contribution >= 0.6 is 0 Å². The van der Waals surface area contributed by atoms with E-state index in [2.05, 4.69) is 5.32 Å². The number of aliphatic hydroxyl groups excluding tert-OH is 1. The number of carbonyl (C=O) groups excluding carboxylic acids is 1. The molecule has 94 valence electrons. The Bertz CT molecular complexity index is 393. The molecule has 1 unspecified atom stereocenters. The van der Waals surface area contributed by atoms with E-state index in [-0.39, 0.29) is 17.2 Å². The van der Waals surface area contributed by atoms with E-state index in [0.29, 0.717) is 13.0 Å². The lowest BCUT2D eigenvalue weighted by molar-refractivity contribution is 0.0945. The lowest BCUT2D eigenvalue weighted by atomic mass is 10.2. The highest BCUT2D eigenvalue weighted by Crippen LogP contribution is 2.17. The monoisotopic (exact) mass is 241 g/mol. The van der Waals surface area contributed by atoms with Crippen molar-refractivity contribution in [2.24, 2.45) is 0 Å². The molecule has 2 N–H and O–H groups in total. The Labute approximate surface area is 99.4 Å². The zero-order valence-corrected chi connectivity index (χ0v) is 9.87. The number of amides is 1. The molecule has 5 heteroatoms. The van der Waals surface area contributed by atoms with Crippen molar-refractivity contribution in [2.75, 3.05) is 13.7 Å². The van der Waals surface area contributed by atoms with Crippen molar-refractivity contribution < 1.29 is 19.0 Å². The average Bonchev–Trinajstić information content (AvgIpc) is 2.28. The Morgan fingerprint density at radius 1 is 1.59 bits per heavy atom. The Hall–Kier alpha value is -1.62. The number of halogens is 1. The van der Waals surface area contributed by atoms with Crippen LogP contribution in [0.3, 0.4) is 0 Å². The van der Waals surface area contributed by atoms with Gasteiger partial charge in [-0.25, -0.2) is 4.39 Å². The first-order valence-electron chi connectivity index (χ1n) is 5.34. The Kier molecular flexibility index (Phi) is 4.90. The summed E-state index contributed by atoms with van der Waals surface area (Å²) in [6.07, 6.45) is -0.00686. The zero-order chi connectivity index (χ0) is 12.8. The molecule has 0 spiro atoms. The Balaban J connectivity index is 2.60. The lowest BCUT2D eigenvalue weighted by Crippen LogP contribution is -2.26. The number of aliphatic hydroxyl groups is 1. The number of hydrogen-bond acceptors (Lipinski definition) is 3. The molecular weight excluding hydrogens is 225 g/mol. The first kappa shape index (κ1) is 13.4. The van der Waals surface area contributed by atoms with E-state index >= 15 is 0 Å². The van der Waals surface area contributed by atoms with Gasteiger partial charge in [-0.05, 0) is 31.5 Å². The van der Waals surface area contributed by atoms with E-state index in [1.165, 1.54) is 19.2 Å². The highest BCUT2D eigenvalue weighted by molar-refractivity contribution is 5.94. The summed E-state index contributed by atoms with van der Waals surface area (Å²) in [4.78, 5) is 11.6. The largest absolute Gasteiger partial charge is 0.494 e. The van der Waals surface area contributed by atoms with Crippen LogP contribution in [-0.4, -0.2) is 30.8 Å². The minimum atomic E-state index is -0.573. The average molecular weight is 241 g/mol. The molecule has 1 rings (SSSR count). The first-order valence-corrected chi connectivity index (χ1v) is 5.34.